The molecule has 0 aromatic carbocycles. The smallest absolute Gasteiger partial charge is 0.311 e. The molecule has 0 radical (unpaired) electrons. The van der Waals surface area contributed by atoms with Gasteiger partial charge in [0.1, 0.15) is 18.1 Å². The Morgan fingerprint density at radius 3 is 3.05 bits per heavy atom. The molecule has 20 heavy (non-hydrogen) atoms. The third-order valence-corrected chi connectivity index (χ3v) is 3.71. The number of nitrogens with zero attached hydrogens (tertiary/aromatic N) is 5. The third-order valence-electron chi connectivity index (χ3n) is 3.71. The molecule has 2 atom stereocenters. The largest absolute Gasteiger partial charge is 0.481 e. The van der Waals surface area contributed by atoms with Crippen molar-refractivity contribution in [2.24, 2.45) is 13.0 Å². The van der Waals surface area contributed by atoms with Gasteiger partial charge in [-0.1, -0.05) is 0 Å². The molecule has 1 aliphatic heterocycles. The second kappa shape index (κ2) is 4.71. The summed E-state index contributed by atoms with van der Waals surface area (Å²) >= 11 is 0. The number of hydrogen-bond donors (Lipinski definition) is 1. The Bertz CT molecular complexity index is 656. The van der Waals surface area contributed by atoms with E-state index in [9.17, 15) is 9.90 Å². The van der Waals surface area contributed by atoms with Crippen molar-refractivity contribution in [2.75, 3.05) is 25.2 Å². The molecule has 0 spiro atoms. The highest BCUT2D eigenvalue weighted by atomic mass is 16.5. The van der Waals surface area contributed by atoms with E-state index in [1.165, 1.54) is 6.33 Å². The Labute approximate surface area is 115 Å². The Morgan fingerprint density at radius 2 is 2.30 bits per heavy atom. The number of aryl methyl sites for hydroxylation is 1. The van der Waals surface area contributed by atoms with Crippen LogP contribution in [0.25, 0.3) is 11.0 Å². The molecule has 106 valence electrons. The van der Waals surface area contributed by atoms with Crippen LogP contribution in [0.3, 0.4) is 0 Å². The zero-order valence-corrected chi connectivity index (χ0v) is 11.2. The lowest BCUT2D eigenvalue weighted by atomic mass is 10.0. The fourth-order valence-electron chi connectivity index (χ4n) is 2.55. The standard InChI is InChI=1S/C12H15N5O3/c1-16(9-5-20-4-8(9)12(18)19)10-7-3-15-17(2)11(7)14-6-13-10/h3,6,8-9H,4-5H2,1-2H3,(H,18,19). The molecule has 1 aliphatic rings. The first-order valence-electron chi connectivity index (χ1n) is 6.25. The van der Waals surface area contributed by atoms with Crippen LogP contribution in [0, 0.1) is 5.92 Å². The maximum absolute atomic E-state index is 11.3. The zero-order valence-electron chi connectivity index (χ0n) is 11.2. The van der Waals surface area contributed by atoms with Gasteiger partial charge in [0, 0.05) is 14.1 Å². The third kappa shape index (κ3) is 1.88. The average molecular weight is 277 g/mol. The van der Waals surface area contributed by atoms with Crippen LogP contribution >= 0.6 is 0 Å². The van der Waals surface area contributed by atoms with E-state index in [1.54, 1.807) is 17.9 Å². The van der Waals surface area contributed by atoms with E-state index >= 15 is 0 Å². The van der Waals surface area contributed by atoms with Crippen molar-refractivity contribution in [3.63, 3.8) is 0 Å². The summed E-state index contributed by atoms with van der Waals surface area (Å²) in [6.45, 7) is 0.602. The lowest BCUT2D eigenvalue weighted by Crippen LogP contribution is -2.41. The van der Waals surface area contributed by atoms with Crippen LogP contribution in [0.15, 0.2) is 12.5 Å². The molecule has 3 rings (SSSR count). The van der Waals surface area contributed by atoms with E-state index in [1.807, 2.05) is 11.9 Å². The van der Waals surface area contributed by atoms with Gasteiger partial charge in [0.05, 0.1) is 30.8 Å². The number of carboxylic acids is 1. The van der Waals surface area contributed by atoms with Gasteiger partial charge in [-0.3, -0.25) is 9.48 Å². The molecular weight excluding hydrogens is 262 g/mol. The Morgan fingerprint density at radius 1 is 1.50 bits per heavy atom. The molecule has 1 N–H and O–H groups in total. The maximum Gasteiger partial charge on any atom is 0.311 e. The van der Waals surface area contributed by atoms with Crippen LogP contribution in [0.4, 0.5) is 5.82 Å². The summed E-state index contributed by atoms with van der Waals surface area (Å²) in [5.74, 6) is -0.734. The number of carbonyl (C=O) groups is 1. The van der Waals surface area contributed by atoms with Crippen molar-refractivity contribution in [1.82, 2.24) is 19.7 Å². The zero-order chi connectivity index (χ0) is 14.3. The van der Waals surface area contributed by atoms with Crippen LogP contribution in [-0.4, -0.2) is 57.1 Å². The van der Waals surface area contributed by atoms with Gasteiger partial charge in [-0.05, 0) is 0 Å². The van der Waals surface area contributed by atoms with Gasteiger partial charge < -0.3 is 14.7 Å². The fraction of sp³-hybridized carbons (Fsp3) is 0.500. The quantitative estimate of drug-likeness (QED) is 0.837. The van der Waals surface area contributed by atoms with E-state index in [0.29, 0.717) is 18.1 Å². The Balaban J connectivity index is 2.00. The number of rotatable bonds is 3. The number of anilines is 1. The number of aromatic nitrogens is 4. The SMILES string of the molecule is CN(c1ncnc2c1cnn2C)C1COCC1C(=O)O. The monoisotopic (exact) mass is 277 g/mol. The average Bonchev–Trinajstić information content (AvgIpc) is 3.05. The van der Waals surface area contributed by atoms with Crippen LogP contribution in [-0.2, 0) is 16.6 Å². The maximum atomic E-state index is 11.3. The Hall–Kier alpha value is -2.22. The van der Waals surface area contributed by atoms with E-state index in [-0.39, 0.29) is 12.6 Å². The van der Waals surface area contributed by atoms with Crippen LogP contribution in [0.1, 0.15) is 0 Å². The highest BCUT2D eigenvalue weighted by Crippen LogP contribution is 2.27. The van der Waals surface area contributed by atoms with E-state index in [4.69, 9.17) is 4.74 Å². The molecule has 0 bridgehead atoms. The van der Waals surface area contributed by atoms with Crippen molar-refractivity contribution < 1.29 is 14.6 Å². The van der Waals surface area contributed by atoms with Gasteiger partial charge in [-0.2, -0.15) is 5.10 Å². The molecule has 1 saturated heterocycles. The molecular formula is C12H15N5O3. The van der Waals surface area contributed by atoms with Crippen molar-refractivity contribution in [3.8, 4) is 0 Å². The minimum atomic E-state index is -0.851. The summed E-state index contributed by atoms with van der Waals surface area (Å²) in [5.41, 5.74) is 0.715. The Kier molecular flexibility index (Phi) is 3.01. The topological polar surface area (TPSA) is 93.4 Å². The lowest BCUT2D eigenvalue weighted by molar-refractivity contribution is -0.141. The molecule has 3 heterocycles. The van der Waals surface area contributed by atoms with Crippen LogP contribution < -0.4 is 4.90 Å². The molecule has 0 amide bonds. The summed E-state index contributed by atoms with van der Waals surface area (Å²) in [5, 5.41) is 14.2. The molecule has 1 fully saturated rings. The van der Waals surface area contributed by atoms with Gasteiger partial charge in [0.2, 0.25) is 0 Å². The highest BCUT2D eigenvalue weighted by Gasteiger charge is 2.37. The first kappa shape index (κ1) is 12.8. The molecule has 2 aromatic rings. The second-order valence-corrected chi connectivity index (χ2v) is 4.86. The number of likely N-dealkylation sites (N-methyl/N-ethyl adjacent to an activating group) is 1. The normalized spacial score (nSPS) is 22.3. The lowest BCUT2D eigenvalue weighted by Gasteiger charge is -2.27. The number of carboxylic acid groups (broad SMARTS) is 1. The molecule has 2 unspecified atom stereocenters. The fourth-order valence-corrected chi connectivity index (χ4v) is 2.55. The van der Waals surface area contributed by atoms with Gasteiger partial charge in [-0.15, -0.1) is 0 Å². The summed E-state index contributed by atoms with van der Waals surface area (Å²) in [4.78, 5) is 21.6. The van der Waals surface area contributed by atoms with Crippen LogP contribution in [0.2, 0.25) is 0 Å². The number of fused-ring (bicyclic) bond motifs is 1. The first-order valence-corrected chi connectivity index (χ1v) is 6.25. The number of aliphatic carboxylic acids is 1. The molecule has 8 heteroatoms. The molecule has 0 aliphatic carbocycles. The molecule has 0 saturated carbocycles. The molecule has 8 nitrogen and oxygen atoms in total. The van der Waals surface area contributed by atoms with Gasteiger partial charge >= 0.3 is 5.97 Å². The van der Waals surface area contributed by atoms with Gasteiger partial charge in [0.15, 0.2) is 5.65 Å². The van der Waals surface area contributed by atoms with E-state index < -0.39 is 11.9 Å². The summed E-state index contributed by atoms with van der Waals surface area (Å²) < 4.78 is 6.97. The highest BCUT2D eigenvalue weighted by molar-refractivity contribution is 5.87. The predicted octanol–water partition coefficient (Wildman–Crippen LogP) is -0.101. The molecule has 2 aromatic heterocycles. The first-order chi connectivity index (χ1) is 9.59. The number of hydrogen-bond acceptors (Lipinski definition) is 6. The van der Waals surface area contributed by atoms with Crippen molar-refractivity contribution in [1.29, 1.82) is 0 Å². The minimum absolute atomic E-state index is 0.228. The van der Waals surface area contributed by atoms with Gasteiger partial charge in [-0.25, -0.2) is 9.97 Å². The van der Waals surface area contributed by atoms with Crippen molar-refractivity contribution in [2.45, 2.75) is 6.04 Å². The summed E-state index contributed by atoms with van der Waals surface area (Å²) in [6, 6.07) is -0.245. The van der Waals surface area contributed by atoms with E-state index in [2.05, 4.69) is 15.1 Å². The van der Waals surface area contributed by atoms with Crippen molar-refractivity contribution in [3.05, 3.63) is 12.5 Å². The second-order valence-electron chi connectivity index (χ2n) is 4.86. The number of ether oxygens (including phenoxy) is 1. The predicted molar refractivity (Wildman–Crippen MR) is 70.4 cm³/mol. The van der Waals surface area contributed by atoms with E-state index in [0.717, 1.165) is 5.39 Å². The van der Waals surface area contributed by atoms with Crippen molar-refractivity contribution >= 4 is 22.8 Å². The van der Waals surface area contributed by atoms with Gasteiger partial charge in [0.25, 0.3) is 0 Å². The van der Waals surface area contributed by atoms with Crippen LogP contribution in [0.5, 0.6) is 0 Å². The summed E-state index contributed by atoms with van der Waals surface area (Å²) in [6.07, 6.45) is 3.15. The summed E-state index contributed by atoms with van der Waals surface area (Å²) in [7, 11) is 3.63. The minimum Gasteiger partial charge on any atom is -0.481 e.